The molecule has 0 aromatic heterocycles. The Kier molecular flexibility index (Phi) is 5.44. The molecule has 2 N–H and O–H groups in total. The van der Waals surface area contributed by atoms with Gasteiger partial charge in [-0.2, -0.15) is 0 Å². The van der Waals surface area contributed by atoms with Crippen molar-refractivity contribution in [2.75, 3.05) is 11.5 Å². The molecule has 0 fully saturated rings. The smallest absolute Gasteiger partial charge is 0.0603 e. The van der Waals surface area contributed by atoms with Crippen LogP contribution in [0, 0.1) is 0 Å². The summed E-state index contributed by atoms with van der Waals surface area (Å²) in [6, 6.07) is 13.8. The molecule has 2 rings (SSSR count). The molecular weight excluding hydrogens is 297 g/mol. The van der Waals surface area contributed by atoms with Crippen molar-refractivity contribution in [2.24, 2.45) is 0 Å². The van der Waals surface area contributed by atoms with Gasteiger partial charge in [0.05, 0.1) is 10.0 Å². The van der Waals surface area contributed by atoms with Crippen molar-refractivity contribution >= 4 is 40.7 Å². The van der Waals surface area contributed by atoms with E-state index in [1.165, 1.54) is 5.56 Å². The van der Waals surface area contributed by atoms with Gasteiger partial charge in [-0.25, -0.2) is 0 Å². The molecule has 4 heteroatoms. The van der Waals surface area contributed by atoms with Crippen LogP contribution in [0.1, 0.15) is 12.0 Å². The first-order chi connectivity index (χ1) is 9.15. The van der Waals surface area contributed by atoms with E-state index >= 15 is 0 Å². The summed E-state index contributed by atoms with van der Waals surface area (Å²) in [5.41, 5.74) is 7.79. The van der Waals surface area contributed by atoms with E-state index in [0.717, 1.165) is 29.2 Å². The average Bonchev–Trinajstić information content (AvgIpc) is 2.41. The molecule has 0 aliphatic heterocycles. The van der Waals surface area contributed by atoms with Crippen molar-refractivity contribution in [3.8, 4) is 0 Å². The summed E-state index contributed by atoms with van der Waals surface area (Å²) in [6.45, 7) is 0. The van der Waals surface area contributed by atoms with Crippen LogP contribution in [0.4, 0.5) is 5.69 Å². The lowest BCUT2D eigenvalue weighted by Gasteiger charge is -2.04. The molecule has 0 aliphatic carbocycles. The van der Waals surface area contributed by atoms with Gasteiger partial charge in [-0.1, -0.05) is 35.3 Å². The Morgan fingerprint density at radius 1 is 0.947 bits per heavy atom. The Hall–Kier alpha value is -0.830. The summed E-state index contributed by atoms with van der Waals surface area (Å²) in [7, 11) is 0. The lowest BCUT2D eigenvalue weighted by atomic mass is 10.1. The fourth-order valence-electron chi connectivity index (χ4n) is 1.72. The average molecular weight is 312 g/mol. The van der Waals surface area contributed by atoms with E-state index in [-0.39, 0.29) is 0 Å². The Labute approximate surface area is 128 Å². The van der Waals surface area contributed by atoms with Gasteiger partial charge in [0.15, 0.2) is 0 Å². The van der Waals surface area contributed by atoms with Gasteiger partial charge in [-0.3, -0.25) is 0 Å². The normalized spacial score (nSPS) is 10.6. The highest BCUT2D eigenvalue weighted by molar-refractivity contribution is 7.99. The Balaban J connectivity index is 1.77. The first-order valence-corrected chi connectivity index (χ1v) is 7.81. The lowest BCUT2D eigenvalue weighted by molar-refractivity contribution is 0.933. The summed E-state index contributed by atoms with van der Waals surface area (Å²) in [5.74, 6) is 1.06. The fraction of sp³-hybridized carbons (Fsp3) is 0.200. The quantitative estimate of drug-likeness (QED) is 0.460. The topological polar surface area (TPSA) is 26.0 Å². The number of aryl methyl sites for hydroxylation is 1. The van der Waals surface area contributed by atoms with Crippen molar-refractivity contribution in [3.63, 3.8) is 0 Å². The van der Waals surface area contributed by atoms with E-state index in [2.05, 4.69) is 12.1 Å². The van der Waals surface area contributed by atoms with Crippen LogP contribution in [0.15, 0.2) is 47.4 Å². The Morgan fingerprint density at radius 2 is 1.68 bits per heavy atom. The van der Waals surface area contributed by atoms with Crippen LogP contribution in [-0.4, -0.2) is 5.75 Å². The largest absolute Gasteiger partial charge is 0.399 e. The maximum atomic E-state index is 5.98. The second-order valence-electron chi connectivity index (χ2n) is 4.27. The number of benzene rings is 2. The number of hydrogen-bond donors (Lipinski definition) is 1. The molecule has 0 amide bonds. The zero-order valence-electron chi connectivity index (χ0n) is 10.4. The van der Waals surface area contributed by atoms with Gasteiger partial charge in [0.2, 0.25) is 0 Å². The molecule has 0 saturated heterocycles. The Morgan fingerprint density at radius 3 is 2.37 bits per heavy atom. The minimum absolute atomic E-state index is 0.605. The van der Waals surface area contributed by atoms with Crippen molar-refractivity contribution in [3.05, 3.63) is 58.1 Å². The third-order valence-electron chi connectivity index (χ3n) is 2.75. The standard InChI is InChI=1S/C15H15Cl2NS/c16-14-8-7-13(10-15(14)17)19-9-1-2-11-3-5-12(18)6-4-11/h3-8,10H,1-2,9,18H2. The summed E-state index contributed by atoms with van der Waals surface area (Å²) >= 11 is 13.7. The highest BCUT2D eigenvalue weighted by atomic mass is 35.5. The number of nitrogen functional groups attached to an aromatic ring is 1. The van der Waals surface area contributed by atoms with E-state index in [1.807, 2.05) is 30.3 Å². The predicted molar refractivity (Wildman–Crippen MR) is 86.4 cm³/mol. The van der Waals surface area contributed by atoms with Crippen LogP contribution in [0.3, 0.4) is 0 Å². The van der Waals surface area contributed by atoms with Crippen LogP contribution in [0.2, 0.25) is 10.0 Å². The monoisotopic (exact) mass is 311 g/mol. The second kappa shape index (κ2) is 7.09. The van der Waals surface area contributed by atoms with Crippen LogP contribution >= 0.6 is 35.0 Å². The number of halogens is 2. The molecule has 0 atom stereocenters. The number of hydrogen-bond acceptors (Lipinski definition) is 2. The van der Waals surface area contributed by atoms with Crippen molar-refractivity contribution < 1.29 is 0 Å². The molecule has 19 heavy (non-hydrogen) atoms. The summed E-state index contributed by atoms with van der Waals surface area (Å²) < 4.78 is 0. The zero-order chi connectivity index (χ0) is 13.7. The van der Waals surface area contributed by atoms with Gasteiger partial charge in [0.1, 0.15) is 0 Å². The highest BCUT2D eigenvalue weighted by Gasteiger charge is 2.00. The fourth-order valence-corrected chi connectivity index (χ4v) is 2.97. The molecule has 0 unspecified atom stereocenters. The lowest BCUT2D eigenvalue weighted by Crippen LogP contribution is -1.89. The first kappa shape index (κ1) is 14.6. The summed E-state index contributed by atoms with van der Waals surface area (Å²) in [4.78, 5) is 1.16. The summed E-state index contributed by atoms with van der Waals surface area (Å²) in [6.07, 6.45) is 2.18. The van der Waals surface area contributed by atoms with Gasteiger partial charge in [0.25, 0.3) is 0 Å². The maximum Gasteiger partial charge on any atom is 0.0603 e. The molecule has 0 spiro atoms. The second-order valence-corrected chi connectivity index (χ2v) is 6.25. The van der Waals surface area contributed by atoms with Crippen LogP contribution < -0.4 is 5.73 Å². The SMILES string of the molecule is Nc1ccc(CCCSc2ccc(Cl)c(Cl)c2)cc1. The van der Waals surface area contributed by atoms with Crippen LogP contribution in [0.25, 0.3) is 0 Å². The molecule has 1 nitrogen and oxygen atoms in total. The molecule has 0 bridgehead atoms. The number of thioether (sulfide) groups is 1. The van der Waals surface area contributed by atoms with E-state index in [4.69, 9.17) is 28.9 Å². The molecule has 2 aromatic carbocycles. The molecule has 0 heterocycles. The Bertz CT molecular complexity index is 540. The third kappa shape index (κ3) is 4.64. The summed E-state index contributed by atoms with van der Waals surface area (Å²) in [5, 5.41) is 1.22. The van der Waals surface area contributed by atoms with Gasteiger partial charge < -0.3 is 5.73 Å². The minimum atomic E-state index is 0.605. The first-order valence-electron chi connectivity index (χ1n) is 6.07. The maximum absolute atomic E-state index is 5.98. The molecule has 0 aliphatic rings. The van der Waals surface area contributed by atoms with E-state index in [9.17, 15) is 0 Å². The molecule has 100 valence electrons. The van der Waals surface area contributed by atoms with Gasteiger partial charge in [0, 0.05) is 10.6 Å². The molecule has 0 radical (unpaired) electrons. The molecule has 0 saturated carbocycles. The van der Waals surface area contributed by atoms with Gasteiger partial charge in [-0.15, -0.1) is 11.8 Å². The third-order valence-corrected chi connectivity index (χ3v) is 4.57. The van der Waals surface area contributed by atoms with Gasteiger partial charge >= 0.3 is 0 Å². The number of rotatable bonds is 5. The predicted octanol–water partition coefficient (Wildman–Crippen LogP) is 5.30. The van der Waals surface area contributed by atoms with E-state index < -0.39 is 0 Å². The van der Waals surface area contributed by atoms with Crippen molar-refractivity contribution in [1.29, 1.82) is 0 Å². The van der Waals surface area contributed by atoms with E-state index in [1.54, 1.807) is 11.8 Å². The van der Waals surface area contributed by atoms with Crippen molar-refractivity contribution in [1.82, 2.24) is 0 Å². The highest BCUT2D eigenvalue weighted by Crippen LogP contribution is 2.28. The zero-order valence-corrected chi connectivity index (χ0v) is 12.7. The minimum Gasteiger partial charge on any atom is -0.399 e. The van der Waals surface area contributed by atoms with Crippen LogP contribution in [-0.2, 0) is 6.42 Å². The van der Waals surface area contributed by atoms with Crippen molar-refractivity contribution in [2.45, 2.75) is 17.7 Å². The molecular formula is C15H15Cl2NS. The van der Waals surface area contributed by atoms with E-state index in [0.29, 0.717) is 10.0 Å². The van der Waals surface area contributed by atoms with Crippen LogP contribution in [0.5, 0.6) is 0 Å². The number of anilines is 1. The number of nitrogens with two attached hydrogens (primary N) is 1. The van der Waals surface area contributed by atoms with Gasteiger partial charge in [-0.05, 0) is 54.5 Å². The molecule has 2 aromatic rings.